The Morgan fingerprint density at radius 2 is 1.53 bits per heavy atom. The zero-order valence-corrected chi connectivity index (χ0v) is 21.3. The molecule has 0 aromatic rings. The predicted octanol–water partition coefficient (Wildman–Crippen LogP) is 4.72. The van der Waals surface area contributed by atoms with Crippen LogP contribution in [0.25, 0.3) is 0 Å². The first-order valence-electron chi connectivity index (χ1n) is 12.5. The molecule has 5 heteroatoms. The lowest BCUT2D eigenvalue weighted by Gasteiger charge is -2.64. The van der Waals surface area contributed by atoms with Gasteiger partial charge in [0.1, 0.15) is 0 Å². The van der Waals surface area contributed by atoms with Gasteiger partial charge in [-0.25, -0.2) is 0 Å². The van der Waals surface area contributed by atoms with Crippen LogP contribution in [0.3, 0.4) is 0 Å². The van der Waals surface area contributed by atoms with Crippen molar-refractivity contribution in [2.45, 2.75) is 122 Å². The third-order valence-electron chi connectivity index (χ3n) is 10.8. The van der Waals surface area contributed by atoms with E-state index in [0.717, 1.165) is 38.5 Å². The Balaban J connectivity index is 1.67. The van der Waals surface area contributed by atoms with Gasteiger partial charge in [0, 0.05) is 0 Å². The molecule has 4 aliphatic rings. The average molecular weight is 439 g/mol. The Morgan fingerprint density at radius 1 is 0.867 bits per heavy atom. The summed E-state index contributed by atoms with van der Waals surface area (Å²) in [6.07, 6.45) is 5.48. The van der Waals surface area contributed by atoms with Gasteiger partial charge in [0.15, 0.2) is 8.32 Å². The molecule has 0 heterocycles. The molecule has 4 aliphatic carbocycles. The topological polar surface area (TPSA) is 69.9 Å². The largest absolute Gasteiger partial charge is 0.413 e. The minimum absolute atomic E-state index is 0.0267. The van der Waals surface area contributed by atoms with E-state index in [4.69, 9.17) is 4.43 Å². The van der Waals surface area contributed by atoms with Gasteiger partial charge in [-0.1, -0.05) is 47.5 Å². The monoisotopic (exact) mass is 438 g/mol. The van der Waals surface area contributed by atoms with Crippen LogP contribution in [0.1, 0.15) is 79.6 Å². The summed E-state index contributed by atoms with van der Waals surface area (Å²) in [4.78, 5) is 0. The third kappa shape index (κ3) is 3.20. The summed E-state index contributed by atoms with van der Waals surface area (Å²) < 4.78 is 6.94. The number of fused-ring (bicyclic) bond motifs is 5. The van der Waals surface area contributed by atoms with Crippen molar-refractivity contribution >= 4 is 8.32 Å². The Bertz CT molecular complexity index is 660. The van der Waals surface area contributed by atoms with Gasteiger partial charge in [-0.05, 0) is 84.7 Å². The zero-order valence-electron chi connectivity index (χ0n) is 20.3. The van der Waals surface area contributed by atoms with E-state index in [0.29, 0.717) is 5.92 Å². The molecule has 30 heavy (non-hydrogen) atoms. The molecule has 4 nitrogen and oxygen atoms in total. The van der Waals surface area contributed by atoms with E-state index < -0.39 is 26.6 Å². The van der Waals surface area contributed by atoms with Crippen LogP contribution in [0.4, 0.5) is 0 Å². The lowest BCUT2D eigenvalue weighted by Crippen LogP contribution is -2.67. The summed E-state index contributed by atoms with van der Waals surface area (Å²) in [7, 11) is -1.93. The van der Waals surface area contributed by atoms with Gasteiger partial charge >= 0.3 is 0 Å². The predicted molar refractivity (Wildman–Crippen MR) is 123 cm³/mol. The van der Waals surface area contributed by atoms with Crippen LogP contribution < -0.4 is 0 Å². The highest BCUT2D eigenvalue weighted by Crippen LogP contribution is 2.67. The van der Waals surface area contributed by atoms with Crippen molar-refractivity contribution < 1.29 is 19.7 Å². The Morgan fingerprint density at radius 3 is 2.17 bits per heavy atom. The summed E-state index contributed by atoms with van der Waals surface area (Å²) >= 11 is 0. The van der Waals surface area contributed by atoms with Gasteiger partial charge in [0.2, 0.25) is 0 Å². The van der Waals surface area contributed by atoms with Crippen LogP contribution in [0.5, 0.6) is 0 Å². The lowest BCUT2D eigenvalue weighted by atomic mass is 9.43. The van der Waals surface area contributed by atoms with E-state index >= 15 is 0 Å². The highest BCUT2D eigenvalue weighted by molar-refractivity contribution is 6.74. The Hall–Kier alpha value is 0.0569. The number of hydrogen-bond donors (Lipinski definition) is 3. The van der Waals surface area contributed by atoms with Gasteiger partial charge in [-0.15, -0.1) is 0 Å². The summed E-state index contributed by atoms with van der Waals surface area (Å²) in [5.74, 6) is 0.485. The normalized spacial score (nSPS) is 51.8. The maximum Gasteiger partial charge on any atom is 0.192 e. The standard InChI is InChI=1S/C25H46O4Si/c1-23(2,3)30(6,7)29-18-12-11-15-19-20(17(26)14-25(15,18)5)24(4)13-9-8-10-16(24)21(27)22(19)28/h15-22,26-28H,8-14H2,1-7H3/t15?,16?,17-,18-,19?,20?,21+,22+,24-,25-/m0/s1. The molecule has 0 aromatic heterocycles. The van der Waals surface area contributed by atoms with Gasteiger partial charge in [0.25, 0.3) is 0 Å². The molecule has 0 spiro atoms. The van der Waals surface area contributed by atoms with Crippen LogP contribution in [0.15, 0.2) is 0 Å². The van der Waals surface area contributed by atoms with Gasteiger partial charge < -0.3 is 19.7 Å². The Kier molecular flexibility index (Phi) is 5.63. The maximum absolute atomic E-state index is 11.6. The minimum Gasteiger partial charge on any atom is -0.413 e. The molecule has 4 fully saturated rings. The van der Waals surface area contributed by atoms with Crippen molar-refractivity contribution in [3.8, 4) is 0 Å². The van der Waals surface area contributed by atoms with E-state index in [1.165, 1.54) is 6.42 Å². The molecule has 0 aromatic carbocycles. The van der Waals surface area contributed by atoms with E-state index in [9.17, 15) is 15.3 Å². The van der Waals surface area contributed by atoms with E-state index in [2.05, 4.69) is 47.7 Å². The second kappa shape index (κ2) is 7.28. The molecular weight excluding hydrogens is 392 g/mol. The highest BCUT2D eigenvalue weighted by atomic mass is 28.4. The summed E-state index contributed by atoms with van der Waals surface area (Å²) in [5.41, 5.74) is -0.199. The van der Waals surface area contributed by atoms with Crippen molar-refractivity contribution in [2.24, 2.45) is 34.5 Å². The molecule has 4 rings (SSSR count). The molecular formula is C25H46O4Si. The van der Waals surface area contributed by atoms with Crippen molar-refractivity contribution in [1.29, 1.82) is 0 Å². The quantitative estimate of drug-likeness (QED) is 0.546. The van der Waals surface area contributed by atoms with Crippen molar-refractivity contribution in [3.63, 3.8) is 0 Å². The van der Waals surface area contributed by atoms with E-state index in [1.54, 1.807) is 0 Å². The van der Waals surface area contributed by atoms with Crippen LogP contribution in [-0.2, 0) is 4.43 Å². The van der Waals surface area contributed by atoms with Crippen LogP contribution in [0, 0.1) is 34.5 Å². The molecule has 174 valence electrons. The van der Waals surface area contributed by atoms with Crippen LogP contribution in [0.2, 0.25) is 18.1 Å². The first kappa shape index (κ1) is 23.2. The highest BCUT2D eigenvalue weighted by Gasteiger charge is 2.67. The second-order valence-corrected chi connectivity index (χ2v) is 18.0. The molecule has 0 bridgehead atoms. The molecule has 0 radical (unpaired) electrons. The second-order valence-electron chi connectivity index (χ2n) is 13.3. The van der Waals surface area contributed by atoms with Crippen LogP contribution in [-0.4, -0.2) is 48.1 Å². The van der Waals surface area contributed by atoms with E-state index in [1.807, 2.05) is 0 Å². The van der Waals surface area contributed by atoms with Crippen molar-refractivity contribution in [1.82, 2.24) is 0 Å². The molecule has 3 N–H and O–H groups in total. The average Bonchev–Trinajstić information content (AvgIpc) is 2.93. The molecule has 0 aliphatic heterocycles. The summed E-state index contributed by atoms with van der Waals surface area (Å²) in [6.45, 7) is 16.1. The lowest BCUT2D eigenvalue weighted by molar-refractivity contribution is -0.244. The van der Waals surface area contributed by atoms with Gasteiger partial charge in [-0.2, -0.15) is 0 Å². The maximum atomic E-state index is 11.6. The smallest absolute Gasteiger partial charge is 0.192 e. The number of aliphatic hydroxyl groups is 3. The molecule has 10 atom stereocenters. The van der Waals surface area contributed by atoms with Gasteiger partial charge in [0.05, 0.1) is 24.4 Å². The summed E-state index contributed by atoms with van der Waals surface area (Å²) in [5, 5.41) is 34.2. The minimum atomic E-state index is -1.93. The fraction of sp³-hybridized carbons (Fsp3) is 1.00. The fourth-order valence-corrected chi connectivity index (χ4v) is 9.56. The van der Waals surface area contributed by atoms with Gasteiger partial charge in [-0.3, -0.25) is 0 Å². The molecule has 4 unspecified atom stereocenters. The van der Waals surface area contributed by atoms with Crippen LogP contribution >= 0.6 is 0 Å². The fourth-order valence-electron chi connectivity index (χ4n) is 8.11. The Labute approximate surface area is 184 Å². The van der Waals surface area contributed by atoms with Crippen molar-refractivity contribution in [3.05, 3.63) is 0 Å². The molecule has 0 saturated heterocycles. The van der Waals surface area contributed by atoms with E-state index in [-0.39, 0.29) is 39.7 Å². The number of rotatable bonds is 2. The first-order valence-corrected chi connectivity index (χ1v) is 15.4. The zero-order chi connectivity index (χ0) is 22.3. The van der Waals surface area contributed by atoms with Crippen molar-refractivity contribution in [2.75, 3.05) is 0 Å². The SMILES string of the molecule is CC(C)(C)[Si](C)(C)O[C@H]1CCC2C3C([C@@H](O)C[C@@]21C)[C@@]1(C)CCCCC1[C@@H](O)[C@@H]3O. The number of aliphatic hydroxyl groups excluding tert-OH is 3. The first-order chi connectivity index (χ1) is 13.7. The summed E-state index contributed by atoms with van der Waals surface area (Å²) in [6, 6.07) is 0. The molecule has 0 amide bonds. The molecule has 4 saturated carbocycles. The third-order valence-corrected chi connectivity index (χ3v) is 15.2. The number of hydrogen-bond acceptors (Lipinski definition) is 4.